The van der Waals surface area contributed by atoms with Crippen LogP contribution in [-0.4, -0.2) is 57.8 Å². The highest BCUT2D eigenvalue weighted by Gasteiger charge is 2.53. The summed E-state index contributed by atoms with van der Waals surface area (Å²) < 4.78 is 16.4. The second kappa shape index (κ2) is 7.50. The number of carboxylic acid groups (broad SMARTS) is 1. The van der Waals surface area contributed by atoms with Gasteiger partial charge >= 0.3 is 11.6 Å². The molecule has 0 saturated carbocycles. The number of hydrogen-bond donors (Lipinski definition) is 2. The Balaban J connectivity index is 1.55. The highest BCUT2D eigenvalue weighted by atomic mass is 32.2. The normalized spacial score (nSPS) is 24.1. The van der Waals surface area contributed by atoms with Gasteiger partial charge in [0.2, 0.25) is 0 Å². The maximum atomic E-state index is 11.8. The Kier molecular flexibility index (Phi) is 5.05. The number of ether oxygens (including phenoxy) is 2. The van der Waals surface area contributed by atoms with Crippen LogP contribution in [0.5, 0.6) is 5.75 Å². The Bertz CT molecular complexity index is 1000. The highest BCUT2D eigenvalue weighted by Crippen LogP contribution is 2.44. The number of nitrogens with zero attached hydrogens (tertiary/aromatic N) is 1. The molecule has 1 aromatic carbocycles. The number of rotatable bonds is 6. The molecule has 3 unspecified atom stereocenters. The van der Waals surface area contributed by atoms with Gasteiger partial charge in [0.05, 0.1) is 0 Å². The summed E-state index contributed by atoms with van der Waals surface area (Å²) in [7, 11) is 0. The molecule has 1 aromatic heterocycles. The lowest BCUT2D eigenvalue weighted by molar-refractivity contribution is -0.194. The number of thioether (sulfide) groups is 1. The second-order valence-corrected chi connectivity index (χ2v) is 7.55. The van der Waals surface area contributed by atoms with Crippen LogP contribution in [0.15, 0.2) is 50.8 Å². The van der Waals surface area contributed by atoms with Crippen molar-refractivity contribution in [3.05, 3.63) is 52.0 Å². The van der Waals surface area contributed by atoms with E-state index in [1.807, 2.05) is 6.92 Å². The predicted molar refractivity (Wildman–Crippen MR) is 102 cm³/mol. The Morgan fingerprint density at radius 2 is 2.14 bits per heavy atom. The minimum atomic E-state index is -1.11. The van der Waals surface area contributed by atoms with Crippen molar-refractivity contribution in [1.82, 2.24) is 4.90 Å². The third-order valence-corrected chi connectivity index (χ3v) is 6.08. The molecule has 148 valence electrons. The number of carboxylic acids is 1. The molecule has 0 bridgehead atoms. The first-order chi connectivity index (χ1) is 13.5. The standard InChI is InChI=1S/C19H19NO7S/c1-2-25-16-17(22)20-15(19(23)24)11(9-28-18(16)20)8-26-12-5-3-10-4-6-14(21)27-13(10)7-12/h3-7,16-18,22H,2,8-9H2,1H3,(H,23,24). The molecular formula is C19H19NO7S. The van der Waals surface area contributed by atoms with Crippen LogP contribution in [0.4, 0.5) is 0 Å². The molecule has 28 heavy (non-hydrogen) atoms. The smallest absolute Gasteiger partial charge is 0.352 e. The summed E-state index contributed by atoms with van der Waals surface area (Å²) in [4.78, 5) is 24.7. The minimum Gasteiger partial charge on any atom is -0.489 e. The maximum absolute atomic E-state index is 11.8. The lowest BCUT2D eigenvalue weighted by Crippen LogP contribution is -2.68. The van der Waals surface area contributed by atoms with Gasteiger partial charge in [-0.3, -0.25) is 0 Å². The van der Waals surface area contributed by atoms with E-state index < -0.39 is 23.9 Å². The third kappa shape index (κ3) is 3.25. The fraction of sp³-hybridized carbons (Fsp3) is 0.368. The zero-order valence-corrected chi connectivity index (χ0v) is 15.8. The van der Waals surface area contributed by atoms with Gasteiger partial charge in [0.15, 0.2) is 6.23 Å². The first-order valence-electron chi connectivity index (χ1n) is 8.81. The van der Waals surface area contributed by atoms with Gasteiger partial charge in [-0.05, 0) is 25.1 Å². The van der Waals surface area contributed by atoms with Gasteiger partial charge in [-0.15, -0.1) is 11.8 Å². The zero-order valence-electron chi connectivity index (χ0n) is 15.0. The van der Waals surface area contributed by atoms with Gasteiger partial charge in [-0.25, -0.2) is 9.59 Å². The number of benzene rings is 1. The van der Waals surface area contributed by atoms with Crippen molar-refractivity contribution in [2.45, 2.75) is 24.6 Å². The third-order valence-electron chi connectivity index (χ3n) is 4.72. The zero-order chi connectivity index (χ0) is 19.8. The van der Waals surface area contributed by atoms with Crippen LogP contribution in [0.25, 0.3) is 11.0 Å². The van der Waals surface area contributed by atoms with E-state index in [1.54, 1.807) is 24.3 Å². The first-order valence-corrected chi connectivity index (χ1v) is 9.86. The lowest BCUT2D eigenvalue weighted by atomic mass is 10.0. The average Bonchev–Trinajstić information content (AvgIpc) is 2.69. The molecule has 3 atom stereocenters. The Hall–Kier alpha value is -2.49. The molecule has 2 aromatic rings. The molecule has 0 spiro atoms. The molecule has 3 heterocycles. The number of fused-ring (bicyclic) bond motifs is 2. The van der Waals surface area contributed by atoms with E-state index in [0.29, 0.717) is 29.3 Å². The van der Waals surface area contributed by atoms with E-state index in [-0.39, 0.29) is 17.7 Å². The molecule has 4 rings (SSSR count). The van der Waals surface area contributed by atoms with E-state index >= 15 is 0 Å². The van der Waals surface area contributed by atoms with Crippen molar-refractivity contribution in [3.8, 4) is 5.75 Å². The van der Waals surface area contributed by atoms with Crippen LogP contribution in [0, 0.1) is 0 Å². The summed E-state index contributed by atoms with van der Waals surface area (Å²) in [6.45, 7) is 2.33. The molecule has 0 amide bonds. The fourth-order valence-corrected chi connectivity index (χ4v) is 4.81. The molecular weight excluding hydrogens is 386 g/mol. The number of hydrogen-bond acceptors (Lipinski definition) is 8. The molecule has 0 radical (unpaired) electrons. The van der Waals surface area contributed by atoms with Crippen molar-refractivity contribution >= 4 is 28.7 Å². The topological polar surface area (TPSA) is 109 Å². The van der Waals surface area contributed by atoms with Crippen molar-refractivity contribution in [2.75, 3.05) is 19.0 Å². The van der Waals surface area contributed by atoms with E-state index in [0.717, 1.165) is 5.39 Å². The van der Waals surface area contributed by atoms with Gasteiger partial charge < -0.3 is 29.0 Å². The molecule has 9 heteroatoms. The van der Waals surface area contributed by atoms with Crippen molar-refractivity contribution in [1.29, 1.82) is 0 Å². The van der Waals surface area contributed by atoms with Crippen LogP contribution in [0.1, 0.15) is 6.92 Å². The largest absolute Gasteiger partial charge is 0.489 e. The molecule has 0 aliphatic carbocycles. The molecule has 1 saturated heterocycles. The van der Waals surface area contributed by atoms with Crippen molar-refractivity contribution in [3.63, 3.8) is 0 Å². The van der Waals surface area contributed by atoms with E-state index in [9.17, 15) is 19.8 Å². The molecule has 2 N–H and O–H groups in total. The van der Waals surface area contributed by atoms with Crippen LogP contribution in [0.3, 0.4) is 0 Å². The van der Waals surface area contributed by atoms with Gasteiger partial charge in [0.1, 0.15) is 35.1 Å². The van der Waals surface area contributed by atoms with Crippen molar-refractivity contribution in [2.24, 2.45) is 0 Å². The molecule has 2 aliphatic rings. The van der Waals surface area contributed by atoms with Gasteiger partial charge in [-0.1, -0.05) is 0 Å². The summed E-state index contributed by atoms with van der Waals surface area (Å²) in [5.74, 6) is -0.188. The number of aliphatic hydroxyl groups excluding tert-OH is 1. The predicted octanol–water partition coefficient (Wildman–Crippen LogP) is 1.62. The van der Waals surface area contributed by atoms with Gasteiger partial charge in [0.25, 0.3) is 0 Å². The Morgan fingerprint density at radius 1 is 1.36 bits per heavy atom. The number of carbonyl (C=O) groups is 1. The first kappa shape index (κ1) is 18.9. The van der Waals surface area contributed by atoms with Crippen LogP contribution < -0.4 is 10.4 Å². The Labute approximate surface area is 164 Å². The van der Waals surface area contributed by atoms with Crippen LogP contribution in [-0.2, 0) is 9.53 Å². The SMILES string of the molecule is CCOC1C(O)N2C(C(=O)O)=C(COc3ccc4ccc(=O)oc4c3)CSC12. The quantitative estimate of drug-likeness (QED) is 0.693. The molecule has 8 nitrogen and oxygen atoms in total. The average molecular weight is 405 g/mol. The second-order valence-electron chi connectivity index (χ2n) is 6.44. The summed E-state index contributed by atoms with van der Waals surface area (Å²) in [5.41, 5.74) is 0.566. The van der Waals surface area contributed by atoms with Crippen molar-refractivity contribution < 1.29 is 28.9 Å². The van der Waals surface area contributed by atoms with E-state index in [4.69, 9.17) is 13.9 Å². The maximum Gasteiger partial charge on any atom is 0.352 e. The van der Waals surface area contributed by atoms with E-state index in [1.165, 1.54) is 22.7 Å². The number of aliphatic hydroxyl groups is 1. The molecule has 1 fully saturated rings. The lowest BCUT2D eigenvalue weighted by Gasteiger charge is -2.54. The van der Waals surface area contributed by atoms with Gasteiger partial charge in [-0.2, -0.15) is 0 Å². The summed E-state index contributed by atoms with van der Waals surface area (Å²) in [5, 5.41) is 20.5. The summed E-state index contributed by atoms with van der Waals surface area (Å²) in [6, 6.07) is 8.09. The number of aliphatic carboxylic acids is 1. The fourth-order valence-electron chi connectivity index (χ4n) is 3.42. The highest BCUT2D eigenvalue weighted by molar-refractivity contribution is 8.00. The van der Waals surface area contributed by atoms with Crippen LogP contribution in [0.2, 0.25) is 0 Å². The summed E-state index contributed by atoms with van der Waals surface area (Å²) >= 11 is 1.51. The molecule has 2 aliphatic heterocycles. The van der Waals surface area contributed by atoms with Crippen LogP contribution >= 0.6 is 11.8 Å². The van der Waals surface area contributed by atoms with Gasteiger partial charge in [0, 0.05) is 35.5 Å². The summed E-state index contributed by atoms with van der Waals surface area (Å²) in [6.07, 6.45) is -1.40. The minimum absolute atomic E-state index is 0.0481. The monoisotopic (exact) mass is 405 g/mol. The van der Waals surface area contributed by atoms with E-state index in [2.05, 4.69) is 0 Å². The Morgan fingerprint density at radius 3 is 2.89 bits per heavy atom.